The predicted molar refractivity (Wildman–Crippen MR) is 99.9 cm³/mol. The molecule has 0 atom stereocenters. The molecule has 3 aromatic rings. The third-order valence-electron chi connectivity index (χ3n) is 4.62. The van der Waals surface area contributed by atoms with Crippen LogP contribution in [-0.4, -0.2) is 17.0 Å². The number of benzene rings is 1. The highest BCUT2D eigenvalue weighted by molar-refractivity contribution is 7.19. The van der Waals surface area contributed by atoms with Crippen LogP contribution in [0.3, 0.4) is 0 Å². The van der Waals surface area contributed by atoms with Crippen LogP contribution in [-0.2, 0) is 6.54 Å². The second kappa shape index (κ2) is 6.10. The molecule has 4 rings (SSSR count). The van der Waals surface area contributed by atoms with Crippen molar-refractivity contribution in [3.8, 4) is 0 Å². The van der Waals surface area contributed by atoms with Crippen molar-refractivity contribution in [3.63, 3.8) is 0 Å². The molecule has 1 aliphatic rings. The van der Waals surface area contributed by atoms with E-state index in [9.17, 15) is 4.79 Å². The van der Waals surface area contributed by atoms with Crippen LogP contribution in [0.4, 0.5) is 0 Å². The standard InChI is InChI=1S/C20H22N2OS/c1-13-4-3-5-16(8-13)12-22-17-9-14(2)24-19(17)10-18(22)20(23)21-11-15-6-7-15/h3-5,8-10,15H,6-7,11-12H2,1-2H3,(H,21,23). The molecule has 1 aromatic carbocycles. The molecule has 0 saturated heterocycles. The van der Waals surface area contributed by atoms with Crippen LogP contribution < -0.4 is 5.32 Å². The van der Waals surface area contributed by atoms with Crippen LogP contribution in [0.1, 0.15) is 39.3 Å². The van der Waals surface area contributed by atoms with Gasteiger partial charge in [-0.05, 0) is 50.3 Å². The zero-order chi connectivity index (χ0) is 16.7. The van der Waals surface area contributed by atoms with E-state index in [0.717, 1.165) is 24.3 Å². The van der Waals surface area contributed by atoms with Gasteiger partial charge in [-0.3, -0.25) is 4.79 Å². The number of amides is 1. The van der Waals surface area contributed by atoms with E-state index in [4.69, 9.17) is 0 Å². The number of hydrogen-bond donors (Lipinski definition) is 1. The van der Waals surface area contributed by atoms with Crippen LogP contribution in [0.5, 0.6) is 0 Å². The van der Waals surface area contributed by atoms with E-state index < -0.39 is 0 Å². The molecule has 0 unspecified atom stereocenters. The molecule has 0 radical (unpaired) electrons. The minimum atomic E-state index is 0.0515. The number of carbonyl (C=O) groups excluding carboxylic acids is 1. The highest BCUT2D eigenvalue weighted by Crippen LogP contribution is 2.30. The molecule has 1 amide bonds. The maximum absolute atomic E-state index is 12.7. The lowest BCUT2D eigenvalue weighted by atomic mass is 10.1. The molecule has 0 aliphatic heterocycles. The Kier molecular flexibility index (Phi) is 3.93. The van der Waals surface area contributed by atoms with E-state index in [2.05, 4.69) is 54.1 Å². The Bertz CT molecular complexity index is 902. The van der Waals surface area contributed by atoms with Gasteiger partial charge in [0, 0.05) is 18.0 Å². The molecule has 4 heteroatoms. The van der Waals surface area contributed by atoms with E-state index in [0.29, 0.717) is 5.92 Å². The minimum Gasteiger partial charge on any atom is -0.350 e. The van der Waals surface area contributed by atoms with E-state index in [1.165, 1.54) is 33.5 Å². The highest BCUT2D eigenvalue weighted by Gasteiger charge is 2.23. The summed E-state index contributed by atoms with van der Waals surface area (Å²) in [5, 5.41) is 3.11. The van der Waals surface area contributed by atoms with Gasteiger partial charge in [-0.1, -0.05) is 29.8 Å². The van der Waals surface area contributed by atoms with Gasteiger partial charge in [-0.25, -0.2) is 0 Å². The Balaban J connectivity index is 1.69. The first kappa shape index (κ1) is 15.5. The molecule has 1 fully saturated rings. The minimum absolute atomic E-state index is 0.0515. The van der Waals surface area contributed by atoms with Crippen molar-refractivity contribution in [2.45, 2.75) is 33.2 Å². The summed E-state index contributed by atoms with van der Waals surface area (Å²) in [4.78, 5) is 14.0. The fraction of sp³-hybridized carbons (Fsp3) is 0.350. The van der Waals surface area contributed by atoms with Gasteiger partial charge >= 0.3 is 0 Å². The fourth-order valence-electron chi connectivity index (χ4n) is 3.17. The van der Waals surface area contributed by atoms with E-state index in [-0.39, 0.29) is 5.91 Å². The highest BCUT2D eigenvalue weighted by atomic mass is 32.1. The number of nitrogens with zero attached hydrogens (tertiary/aromatic N) is 1. The van der Waals surface area contributed by atoms with Gasteiger partial charge in [0.15, 0.2) is 0 Å². The summed E-state index contributed by atoms with van der Waals surface area (Å²) >= 11 is 1.75. The van der Waals surface area contributed by atoms with Gasteiger partial charge in [0.25, 0.3) is 5.91 Å². The normalized spacial score (nSPS) is 14.2. The summed E-state index contributed by atoms with van der Waals surface area (Å²) in [7, 11) is 0. The molecule has 1 N–H and O–H groups in total. The van der Waals surface area contributed by atoms with Crippen molar-refractivity contribution in [1.29, 1.82) is 0 Å². The second-order valence-electron chi connectivity index (χ2n) is 6.86. The number of thiophene rings is 1. The number of aromatic nitrogens is 1. The fourth-order valence-corrected chi connectivity index (χ4v) is 4.13. The first-order chi connectivity index (χ1) is 11.6. The number of carbonyl (C=O) groups is 1. The number of nitrogens with one attached hydrogen (secondary N) is 1. The predicted octanol–water partition coefficient (Wildman–Crippen LogP) is 4.51. The van der Waals surface area contributed by atoms with Gasteiger partial charge in [0.2, 0.25) is 0 Å². The summed E-state index contributed by atoms with van der Waals surface area (Å²) in [6, 6.07) is 12.7. The molecule has 1 aliphatic carbocycles. The largest absolute Gasteiger partial charge is 0.350 e. The molecule has 0 bridgehead atoms. The van der Waals surface area contributed by atoms with Gasteiger partial charge in [-0.2, -0.15) is 0 Å². The van der Waals surface area contributed by atoms with E-state index in [1.807, 2.05) is 6.07 Å². The Labute approximate surface area is 146 Å². The molecule has 1 saturated carbocycles. The summed E-state index contributed by atoms with van der Waals surface area (Å²) in [6.07, 6.45) is 2.50. The third-order valence-corrected chi connectivity index (χ3v) is 5.60. The van der Waals surface area contributed by atoms with Crippen LogP contribution in [0.15, 0.2) is 36.4 Å². The maximum Gasteiger partial charge on any atom is 0.267 e. The molecule has 3 nitrogen and oxygen atoms in total. The summed E-state index contributed by atoms with van der Waals surface area (Å²) < 4.78 is 3.35. The zero-order valence-electron chi connectivity index (χ0n) is 14.1. The first-order valence-electron chi connectivity index (χ1n) is 8.53. The van der Waals surface area contributed by atoms with Gasteiger partial charge in [0.05, 0.1) is 10.2 Å². The smallest absolute Gasteiger partial charge is 0.267 e. The number of aryl methyl sites for hydroxylation is 2. The van der Waals surface area contributed by atoms with Crippen LogP contribution in [0.2, 0.25) is 0 Å². The SMILES string of the molecule is Cc1cccc(Cn2c(C(=O)NCC3CC3)cc3sc(C)cc32)c1. The zero-order valence-corrected chi connectivity index (χ0v) is 15.0. The molecular formula is C20H22N2OS. The Morgan fingerprint density at radius 2 is 2.08 bits per heavy atom. The van der Waals surface area contributed by atoms with Crippen LogP contribution >= 0.6 is 11.3 Å². The maximum atomic E-state index is 12.7. The quantitative estimate of drug-likeness (QED) is 0.730. The second-order valence-corrected chi connectivity index (χ2v) is 8.15. The topological polar surface area (TPSA) is 34.0 Å². The number of hydrogen-bond acceptors (Lipinski definition) is 2. The Hall–Kier alpha value is -2.07. The lowest BCUT2D eigenvalue weighted by Crippen LogP contribution is -2.27. The average Bonchev–Trinajstić information content (AvgIpc) is 3.22. The van der Waals surface area contributed by atoms with Crippen molar-refractivity contribution in [2.24, 2.45) is 5.92 Å². The molecule has 2 heterocycles. The molecule has 2 aromatic heterocycles. The monoisotopic (exact) mass is 338 g/mol. The van der Waals surface area contributed by atoms with Crippen LogP contribution in [0.25, 0.3) is 10.2 Å². The third kappa shape index (κ3) is 3.11. The molecular weight excluding hydrogens is 316 g/mol. The lowest BCUT2D eigenvalue weighted by Gasteiger charge is -2.11. The Morgan fingerprint density at radius 3 is 2.83 bits per heavy atom. The first-order valence-corrected chi connectivity index (χ1v) is 9.35. The molecule has 0 spiro atoms. The van der Waals surface area contributed by atoms with Crippen molar-refractivity contribution < 1.29 is 4.79 Å². The summed E-state index contributed by atoms with van der Waals surface area (Å²) in [5.41, 5.74) is 4.42. The van der Waals surface area contributed by atoms with Crippen LogP contribution in [0, 0.1) is 19.8 Å². The van der Waals surface area contributed by atoms with Gasteiger partial charge in [0.1, 0.15) is 5.69 Å². The number of rotatable bonds is 5. The van der Waals surface area contributed by atoms with Gasteiger partial charge < -0.3 is 9.88 Å². The van der Waals surface area contributed by atoms with Gasteiger partial charge in [-0.15, -0.1) is 11.3 Å². The summed E-state index contributed by atoms with van der Waals surface area (Å²) in [5.74, 6) is 0.744. The lowest BCUT2D eigenvalue weighted by molar-refractivity contribution is 0.0943. The van der Waals surface area contributed by atoms with Crippen molar-refractivity contribution in [2.75, 3.05) is 6.54 Å². The van der Waals surface area contributed by atoms with E-state index >= 15 is 0 Å². The van der Waals surface area contributed by atoms with Crippen molar-refractivity contribution >= 4 is 27.5 Å². The summed E-state index contributed by atoms with van der Waals surface area (Å²) in [6.45, 7) is 5.76. The number of fused-ring (bicyclic) bond motifs is 1. The molecule has 124 valence electrons. The van der Waals surface area contributed by atoms with E-state index in [1.54, 1.807) is 11.3 Å². The molecule has 24 heavy (non-hydrogen) atoms. The van der Waals surface area contributed by atoms with Crippen molar-refractivity contribution in [1.82, 2.24) is 9.88 Å². The Morgan fingerprint density at radius 1 is 1.25 bits per heavy atom. The van der Waals surface area contributed by atoms with Crippen molar-refractivity contribution in [3.05, 3.63) is 58.1 Å². The average molecular weight is 338 g/mol.